The molecule has 0 bridgehead atoms. The third kappa shape index (κ3) is 38.8. The highest BCUT2D eigenvalue weighted by molar-refractivity contribution is 5.84. The van der Waals surface area contributed by atoms with Gasteiger partial charge < -0.3 is 25.0 Å². The van der Waals surface area contributed by atoms with Crippen LogP contribution in [0.3, 0.4) is 0 Å². The fourth-order valence-electron chi connectivity index (χ4n) is 6.14. The highest BCUT2D eigenvalue weighted by atomic mass is 16.6. The number of alkyl carbamates (subject to hydrolysis) is 1. The van der Waals surface area contributed by atoms with Gasteiger partial charge in [0.05, 0.1) is 6.04 Å². The second kappa shape index (κ2) is 39.0. The predicted molar refractivity (Wildman–Crippen MR) is 220 cm³/mol. The number of hydrogen-bond donors (Lipinski definition) is 2. The highest BCUT2D eigenvalue weighted by Crippen LogP contribution is 2.12. The summed E-state index contributed by atoms with van der Waals surface area (Å²) in [6.07, 6.45) is 39.6. The first-order valence-corrected chi connectivity index (χ1v) is 21.7. The lowest BCUT2D eigenvalue weighted by atomic mass is 10.1. The number of carbonyl (C=O) groups excluding carboxylic acids is 4. The zero-order chi connectivity index (χ0) is 39.0. The van der Waals surface area contributed by atoms with Gasteiger partial charge >= 0.3 is 18.0 Å². The molecule has 0 aliphatic carbocycles. The number of hydrogen-bond acceptors (Lipinski definition) is 7. The molecule has 0 rings (SSSR count). The average Bonchev–Trinajstić information content (AvgIpc) is 3.12. The van der Waals surface area contributed by atoms with Crippen molar-refractivity contribution < 1.29 is 28.7 Å². The number of rotatable bonds is 37. The van der Waals surface area contributed by atoms with Gasteiger partial charge in [-0.25, -0.2) is 4.79 Å². The minimum absolute atomic E-state index is 0.111. The second-order valence-electron chi connectivity index (χ2n) is 15.0. The first-order chi connectivity index (χ1) is 25.8. The number of nitrogens with one attached hydrogen (secondary N) is 2. The molecule has 0 radical (unpaired) electrons. The van der Waals surface area contributed by atoms with E-state index in [1.54, 1.807) is 0 Å². The van der Waals surface area contributed by atoms with E-state index >= 15 is 0 Å². The van der Waals surface area contributed by atoms with Gasteiger partial charge in [-0.05, 0) is 78.3 Å². The summed E-state index contributed by atoms with van der Waals surface area (Å²) in [5.74, 6) is -1.37. The van der Waals surface area contributed by atoms with Gasteiger partial charge in [0.15, 0.2) is 6.61 Å². The van der Waals surface area contributed by atoms with Crippen LogP contribution in [0, 0.1) is 0 Å². The van der Waals surface area contributed by atoms with Crippen LogP contribution in [0.1, 0.15) is 194 Å². The molecule has 9 nitrogen and oxygen atoms in total. The lowest BCUT2D eigenvalue weighted by Crippen LogP contribution is -2.49. The van der Waals surface area contributed by atoms with Crippen LogP contribution in [0.15, 0.2) is 24.3 Å². The van der Waals surface area contributed by atoms with Gasteiger partial charge in [-0.2, -0.15) is 0 Å². The van der Waals surface area contributed by atoms with Crippen LogP contribution in [0.25, 0.3) is 0 Å². The molecule has 1 unspecified atom stereocenters. The summed E-state index contributed by atoms with van der Waals surface area (Å²) < 4.78 is 10.1. The molecular weight excluding hydrogens is 666 g/mol. The summed E-state index contributed by atoms with van der Waals surface area (Å²) in [6, 6.07) is -0.486. The second-order valence-corrected chi connectivity index (χ2v) is 15.0. The van der Waals surface area contributed by atoms with Gasteiger partial charge in [0.1, 0.15) is 0 Å². The van der Waals surface area contributed by atoms with Crippen LogP contribution >= 0.6 is 0 Å². The Bertz CT molecular complexity index is 951. The molecule has 0 spiro atoms. The number of carbonyl (C=O) groups is 4. The van der Waals surface area contributed by atoms with Gasteiger partial charge in [-0.1, -0.05) is 141 Å². The van der Waals surface area contributed by atoms with Gasteiger partial charge in [0.2, 0.25) is 0 Å². The van der Waals surface area contributed by atoms with E-state index in [9.17, 15) is 19.2 Å². The Morgan fingerprint density at radius 2 is 0.943 bits per heavy atom. The van der Waals surface area contributed by atoms with Gasteiger partial charge in [-0.15, -0.1) is 0 Å². The molecule has 53 heavy (non-hydrogen) atoms. The van der Waals surface area contributed by atoms with Crippen molar-refractivity contribution in [1.82, 2.24) is 15.5 Å². The van der Waals surface area contributed by atoms with E-state index < -0.39 is 24.0 Å². The minimum atomic E-state index is -0.824. The molecule has 0 aliphatic heterocycles. The smallest absolute Gasteiger partial charge is 0.415 e. The number of likely N-dealkylation sites (N-methyl/N-ethyl adjacent to an activating group) is 1. The monoisotopic (exact) mass is 748 g/mol. The van der Waals surface area contributed by atoms with E-state index in [0.717, 1.165) is 64.2 Å². The number of ether oxygens (including phenoxy) is 2. The van der Waals surface area contributed by atoms with E-state index in [1.807, 2.05) is 19.0 Å². The quantitative estimate of drug-likeness (QED) is 0.0281. The summed E-state index contributed by atoms with van der Waals surface area (Å²) >= 11 is 0. The molecule has 2 N–H and O–H groups in total. The molecule has 0 aliphatic rings. The lowest BCUT2D eigenvalue weighted by molar-refractivity contribution is -0.148. The summed E-state index contributed by atoms with van der Waals surface area (Å²) in [5, 5.41) is 5.37. The molecular formula is C44H81N3O6. The van der Waals surface area contributed by atoms with Crippen LogP contribution in [0.4, 0.5) is 4.79 Å². The molecule has 9 heteroatoms. The summed E-state index contributed by atoms with van der Waals surface area (Å²) in [6.45, 7) is 4.67. The van der Waals surface area contributed by atoms with Gasteiger partial charge in [0.25, 0.3) is 5.91 Å². The van der Waals surface area contributed by atoms with Crippen molar-refractivity contribution in [2.45, 2.75) is 200 Å². The zero-order valence-electron chi connectivity index (χ0n) is 34.7. The summed E-state index contributed by atoms with van der Waals surface area (Å²) in [4.78, 5) is 50.9. The van der Waals surface area contributed by atoms with Crippen molar-refractivity contribution in [2.75, 3.05) is 33.8 Å². The molecule has 0 aromatic rings. The number of amides is 2. The number of unbranched alkanes of at least 4 members (excludes halogenated alkanes) is 22. The van der Waals surface area contributed by atoms with E-state index in [2.05, 4.69) is 48.8 Å². The van der Waals surface area contributed by atoms with E-state index in [1.165, 1.54) is 96.3 Å². The van der Waals surface area contributed by atoms with Gasteiger partial charge in [0, 0.05) is 25.9 Å². The number of esters is 2. The first-order valence-electron chi connectivity index (χ1n) is 21.7. The first kappa shape index (κ1) is 50.3. The fraction of sp³-hybridized carbons (Fsp3) is 0.818. The topological polar surface area (TPSA) is 114 Å². The molecule has 1 atom stereocenters. The Morgan fingerprint density at radius 1 is 0.547 bits per heavy atom. The standard InChI is InChI=1S/C44H81N3O6/c1-5-7-9-11-13-15-17-19-21-23-25-27-29-31-33-35-42(49)52-39-41(48)45-37-40(38-47(3)4)46-44(51)53-43(50)36-34-32-30-28-26-24-22-20-18-16-14-12-10-8-6-2/h19-22,40H,5-18,23-39H2,1-4H3,(H,45,48)(H,46,51)/b21-19-,22-20-. The van der Waals surface area contributed by atoms with Crippen LogP contribution < -0.4 is 10.6 Å². The van der Waals surface area contributed by atoms with Crippen LogP contribution in [0.5, 0.6) is 0 Å². The Balaban J connectivity index is 3.93. The maximum Gasteiger partial charge on any atom is 0.415 e. The highest BCUT2D eigenvalue weighted by Gasteiger charge is 2.18. The van der Waals surface area contributed by atoms with Crippen molar-refractivity contribution in [3.05, 3.63) is 24.3 Å². The van der Waals surface area contributed by atoms with Crippen LogP contribution in [-0.2, 0) is 23.9 Å². The molecule has 0 saturated heterocycles. The Kier molecular flexibility index (Phi) is 37.1. The van der Waals surface area contributed by atoms with Gasteiger partial charge in [-0.3, -0.25) is 14.4 Å². The largest absolute Gasteiger partial charge is 0.456 e. The minimum Gasteiger partial charge on any atom is -0.456 e. The molecule has 2 amide bonds. The normalized spacial score (nSPS) is 12.1. The Hall–Kier alpha value is -2.68. The maximum atomic E-state index is 12.4. The van der Waals surface area contributed by atoms with Crippen molar-refractivity contribution in [1.29, 1.82) is 0 Å². The number of nitrogens with zero attached hydrogens (tertiary/aromatic N) is 1. The predicted octanol–water partition coefficient (Wildman–Crippen LogP) is 10.9. The third-order valence-corrected chi connectivity index (χ3v) is 9.31. The Morgan fingerprint density at radius 3 is 1.38 bits per heavy atom. The molecule has 0 heterocycles. The maximum absolute atomic E-state index is 12.4. The molecule has 0 aromatic heterocycles. The molecule has 0 aromatic carbocycles. The third-order valence-electron chi connectivity index (χ3n) is 9.31. The van der Waals surface area contributed by atoms with Crippen molar-refractivity contribution in [3.8, 4) is 0 Å². The Labute approximate surface area is 325 Å². The van der Waals surface area contributed by atoms with E-state index in [0.29, 0.717) is 19.4 Å². The fourth-order valence-corrected chi connectivity index (χ4v) is 6.14. The van der Waals surface area contributed by atoms with Crippen molar-refractivity contribution in [3.63, 3.8) is 0 Å². The van der Waals surface area contributed by atoms with E-state index in [-0.39, 0.29) is 25.5 Å². The summed E-state index contributed by atoms with van der Waals surface area (Å²) in [7, 11) is 3.69. The number of allylic oxidation sites excluding steroid dienone is 4. The van der Waals surface area contributed by atoms with Crippen molar-refractivity contribution in [2.24, 2.45) is 0 Å². The van der Waals surface area contributed by atoms with E-state index in [4.69, 9.17) is 9.47 Å². The lowest BCUT2D eigenvalue weighted by Gasteiger charge is -2.22. The molecule has 0 saturated carbocycles. The zero-order valence-corrected chi connectivity index (χ0v) is 34.7. The van der Waals surface area contributed by atoms with Crippen molar-refractivity contribution >= 4 is 23.9 Å². The SMILES string of the molecule is CCCCCCCC/C=C\CCCCCCCC(=O)OCC(=O)NCC(CN(C)C)NC(=O)OC(=O)CCCCCCC/C=C\CCCCCCCC. The average molecular weight is 748 g/mol. The summed E-state index contributed by atoms with van der Waals surface area (Å²) in [5.41, 5.74) is 0. The molecule has 308 valence electrons. The van der Waals surface area contributed by atoms with Crippen LogP contribution in [-0.4, -0.2) is 68.7 Å². The molecule has 0 fully saturated rings. The van der Waals surface area contributed by atoms with Crippen LogP contribution in [0.2, 0.25) is 0 Å².